The number of methoxy groups -OCH3 is 1. The van der Waals surface area contributed by atoms with Crippen molar-refractivity contribution in [1.29, 1.82) is 0 Å². The van der Waals surface area contributed by atoms with Crippen molar-refractivity contribution < 1.29 is 14.5 Å². The van der Waals surface area contributed by atoms with Crippen LogP contribution in [0.25, 0.3) is 0 Å². The Balaban J connectivity index is 1.62. The summed E-state index contributed by atoms with van der Waals surface area (Å²) in [5.74, 6) is 2.27. The Kier molecular flexibility index (Phi) is 2.67. The largest absolute Gasteiger partial charge is 0.345 e. The van der Waals surface area contributed by atoms with E-state index in [0.717, 1.165) is 17.4 Å². The van der Waals surface area contributed by atoms with Gasteiger partial charge in [-0.1, -0.05) is 29.8 Å². The van der Waals surface area contributed by atoms with E-state index < -0.39 is 5.79 Å². The summed E-state index contributed by atoms with van der Waals surface area (Å²) < 4.78 is 6.05. The maximum atomic E-state index is 6.05. The molecule has 5 aliphatic rings. The zero-order chi connectivity index (χ0) is 14.9. The van der Waals surface area contributed by atoms with E-state index in [9.17, 15) is 0 Å². The van der Waals surface area contributed by atoms with Gasteiger partial charge in [-0.05, 0) is 62.7 Å². The second-order valence-electron chi connectivity index (χ2n) is 7.95. The lowest BCUT2D eigenvalue weighted by molar-refractivity contribution is -0.645. The van der Waals surface area contributed by atoms with Gasteiger partial charge in [0.25, 0.3) is 5.79 Å². The number of aryl methyl sites for hydroxylation is 1. The van der Waals surface area contributed by atoms with Gasteiger partial charge in [0.1, 0.15) is 0 Å². The number of benzene rings is 1. The SMILES string of the molecule is COC1(c2cccc(C)c2)OOC12C1CC3CC(C1)CC2C3. The highest BCUT2D eigenvalue weighted by molar-refractivity contribution is 5.32. The van der Waals surface area contributed by atoms with Crippen LogP contribution in [0.4, 0.5) is 0 Å². The van der Waals surface area contributed by atoms with E-state index >= 15 is 0 Å². The molecule has 1 heterocycles. The van der Waals surface area contributed by atoms with Gasteiger partial charge in [0.15, 0.2) is 5.60 Å². The standard InChI is InChI=1S/C19H24O3/c1-12-4-3-5-15(6-12)19(20-2)18(21-22-19)16-8-13-7-14(10-16)11-17(18)9-13/h3-6,13-14,16-17H,7-11H2,1-2H3. The van der Waals surface area contributed by atoms with Crippen molar-refractivity contribution in [2.75, 3.05) is 7.11 Å². The summed E-state index contributed by atoms with van der Waals surface area (Å²) in [6.07, 6.45) is 6.58. The van der Waals surface area contributed by atoms with Crippen LogP contribution in [-0.2, 0) is 20.3 Å². The van der Waals surface area contributed by atoms with Crippen molar-refractivity contribution in [1.82, 2.24) is 0 Å². The third kappa shape index (κ3) is 1.43. The first kappa shape index (κ1) is 13.5. The van der Waals surface area contributed by atoms with Gasteiger partial charge in [-0.25, -0.2) is 4.89 Å². The predicted molar refractivity (Wildman–Crippen MR) is 81.8 cm³/mol. The molecule has 0 N–H and O–H groups in total. The summed E-state index contributed by atoms with van der Waals surface area (Å²) in [6.45, 7) is 2.12. The second kappa shape index (κ2) is 4.34. The van der Waals surface area contributed by atoms with Gasteiger partial charge in [0, 0.05) is 12.7 Å². The molecule has 4 bridgehead atoms. The number of ether oxygens (including phenoxy) is 1. The highest BCUT2D eigenvalue weighted by Crippen LogP contribution is 2.69. The maximum absolute atomic E-state index is 6.05. The Morgan fingerprint density at radius 1 is 1.00 bits per heavy atom. The zero-order valence-corrected chi connectivity index (χ0v) is 13.4. The Morgan fingerprint density at radius 3 is 2.18 bits per heavy atom. The van der Waals surface area contributed by atoms with E-state index in [-0.39, 0.29) is 5.60 Å². The molecule has 22 heavy (non-hydrogen) atoms. The Morgan fingerprint density at radius 2 is 1.68 bits per heavy atom. The first-order valence-electron chi connectivity index (χ1n) is 8.67. The zero-order valence-electron chi connectivity index (χ0n) is 13.4. The van der Waals surface area contributed by atoms with Crippen LogP contribution >= 0.6 is 0 Å². The van der Waals surface area contributed by atoms with E-state index in [4.69, 9.17) is 14.5 Å². The van der Waals surface area contributed by atoms with Gasteiger partial charge in [0.05, 0.1) is 0 Å². The molecule has 1 aliphatic heterocycles. The van der Waals surface area contributed by atoms with Gasteiger partial charge < -0.3 is 4.74 Å². The normalized spacial score (nSPS) is 48.6. The maximum Gasteiger partial charge on any atom is 0.260 e. The molecule has 118 valence electrons. The molecule has 1 aromatic carbocycles. The first-order chi connectivity index (χ1) is 10.7. The van der Waals surface area contributed by atoms with Crippen molar-refractivity contribution in [3.63, 3.8) is 0 Å². The average Bonchev–Trinajstić information content (AvgIpc) is 2.46. The first-order valence-corrected chi connectivity index (χ1v) is 8.67. The summed E-state index contributed by atoms with van der Waals surface area (Å²) in [7, 11) is 1.78. The summed E-state index contributed by atoms with van der Waals surface area (Å²) in [5.41, 5.74) is 2.10. The van der Waals surface area contributed by atoms with Crippen LogP contribution in [0.2, 0.25) is 0 Å². The average molecular weight is 300 g/mol. The molecule has 6 rings (SSSR count). The number of hydrogen-bond acceptors (Lipinski definition) is 3. The number of rotatable bonds is 2. The lowest BCUT2D eigenvalue weighted by Gasteiger charge is -2.68. The lowest BCUT2D eigenvalue weighted by Crippen LogP contribution is -2.76. The fourth-order valence-electron chi connectivity index (χ4n) is 6.21. The molecule has 1 spiro atoms. The Bertz CT molecular complexity index is 578. The van der Waals surface area contributed by atoms with E-state index in [2.05, 4.69) is 31.2 Å². The lowest BCUT2D eigenvalue weighted by atomic mass is 9.47. The third-order valence-corrected chi connectivity index (χ3v) is 6.85. The number of hydrogen-bond donors (Lipinski definition) is 0. The Labute approximate surface area is 131 Å². The molecular formula is C19H24O3. The van der Waals surface area contributed by atoms with Crippen LogP contribution in [0.1, 0.15) is 43.2 Å². The van der Waals surface area contributed by atoms with Crippen LogP contribution in [0.5, 0.6) is 0 Å². The minimum atomic E-state index is -0.707. The van der Waals surface area contributed by atoms with Gasteiger partial charge >= 0.3 is 0 Å². The quantitative estimate of drug-likeness (QED) is 0.774. The molecule has 1 atom stereocenters. The minimum Gasteiger partial charge on any atom is -0.345 e. The van der Waals surface area contributed by atoms with E-state index in [1.54, 1.807) is 7.11 Å². The third-order valence-electron chi connectivity index (χ3n) is 6.85. The Hall–Kier alpha value is -0.900. The fourth-order valence-corrected chi connectivity index (χ4v) is 6.21. The van der Waals surface area contributed by atoms with Gasteiger partial charge in [-0.15, -0.1) is 0 Å². The molecule has 5 fully saturated rings. The molecule has 1 aromatic rings. The van der Waals surface area contributed by atoms with Crippen molar-refractivity contribution in [2.24, 2.45) is 23.7 Å². The van der Waals surface area contributed by atoms with Crippen molar-refractivity contribution in [2.45, 2.75) is 50.4 Å². The molecule has 4 aliphatic carbocycles. The van der Waals surface area contributed by atoms with Crippen LogP contribution in [-0.4, -0.2) is 12.7 Å². The minimum absolute atomic E-state index is 0.261. The summed E-state index contributed by atoms with van der Waals surface area (Å²) in [4.78, 5) is 11.7. The van der Waals surface area contributed by atoms with E-state index in [0.29, 0.717) is 11.8 Å². The molecule has 0 aromatic heterocycles. The fraction of sp³-hybridized carbons (Fsp3) is 0.684. The van der Waals surface area contributed by atoms with Crippen LogP contribution in [0, 0.1) is 30.6 Å². The van der Waals surface area contributed by atoms with Crippen molar-refractivity contribution >= 4 is 0 Å². The topological polar surface area (TPSA) is 27.7 Å². The highest BCUT2D eigenvalue weighted by Gasteiger charge is 2.76. The van der Waals surface area contributed by atoms with Crippen molar-refractivity contribution in [3.8, 4) is 0 Å². The monoisotopic (exact) mass is 300 g/mol. The van der Waals surface area contributed by atoms with Crippen molar-refractivity contribution in [3.05, 3.63) is 35.4 Å². The van der Waals surface area contributed by atoms with Gasteiger partial charge in [-0.3, -0.25) is 0 Å². The van der Waals surface area contributed by atoms with Crippen LogP contribution < -0.4 is 0 Å². The van der Waals surface area contributed by atoms with Gasteiger partial charge in [-0.2, -0.15) is 4.89 Å². The van der Waals surface area contributed by atoms with E-state index in [1.807, 2.05) is 0 Å². The molecule has 3 nitrogen and oxygen atoms in total. The summed E-state index contributed by atoms with van der Waals surface area (Å²) >= 11 is 0. The van der Waals surface area contributed by atoms with Crippen LogP contribution in [0.15, 0.2) is 24.3 Å². The summed E-state index contributed by atoms with van der Waals surface area (Å²) in [5, 5.41) is 0. The second-order valence-corrected chi connectivity index (χ2v) is 7.95. The molecule has 1 saturated heterocycles. The predicted octanol–water partition coefficient (Wildman–Crippen LogP) is 3.95. The summed E-state index contributed by atoms with van der Waals surface area (Å²) in [6, 6.07) is 8.54. The highest BCUT2D eigenvalue weighted by atomic mass is 17.3. The van der Waals surface area contributed by atoms with E-state index in [1.165, 1.54) is 37.7 Å². The molecule has 3 heteroatoms. The molecule has 0 radical (unpaired) electrons. The molecule has 0 amide bonds. The molecule has 4 saturated carbocycles. The van der Waals surface area contributed by atoms with Crippen LogP contribution in [0.3, 0.4) is 0 Å². The smallest absolute Gasteiger partial charge is 0.260 e. The van der Waals surface area contributed by atoms with Gasteiger partial charge in [0.2, 0.25) is 0 Å². The molecular weight excluding hydrogens is 276 g/mol. The molecule has 1 unspecified atom stereocenters.